The number of aromatic nitrogens is 2. The maximum atomic E-state index is 11.6. The van der Waals surface area contributed by atoms with Gasteiger partial charge in [-0.05, 0) is 19.1 Å². The highest BCUT2D eigenvalue weighted by Gasteiger charge is 2.20. The zero-order valence-electron chi connectivity index (χ0n) is 11.9. The van der Waals surface area contributed by atoms with Crippen LogP contribution in [0.3, 0.4) is 0 Å². The number of hydrogen-bond acceptors (Lipinski definition) is 4. The number of benzene rings is 1. The van der Waals surface area contributed by atoms with Crippen molar-refractivity contribution < 1.29 is 8.42 Å². The van der Waals surface area contributed by atoms with Crippen LogP contribution in [0, 0.1) is 11.3 Å². The largest absolute Gasteiger partial charge is 0.324 e. The summed E-state index contributed by atoms with van der Waals surface area (Å²) in [6.45, 7) is 1.83. The van der Waals surface area contributed by atoms with Gasteiger partial charge in [-0.15, -0.1) is 11.6 Å². The molecular weight excluding hydrogens is 310 g/mol. The minimum atomic E-state index is -3.11. The molecule has 5 nitrogen and oxygen atoms in total. The molecule has 0 aliphatic heterocycles. The van der Waals surface area contributed by atoms with E-state index in [0.29, 0.717) is 29.2 Å². The van der Waals surface area contributed by atoms with Gasteiger partial charge in [0.2, 0.25) is 0 Å². The molecule has 0 aliphatic carbocycles. The van der Waals surface area contributed by atoms with Gasteiger partial charge in [0.1, 0.15) is 27.2 Å². The van der Waals surface area contributed by atoms with Crippen LogP contribution < -0.4 is 0 Å². The van der Waals surface area contributed by atoms with Crippen LogP contribution in [0.25, 0.3) is 11.0 Å². The molecule has 0 saturated carbocycles. The lowest BCUT2D eigenvalue weighted by atomic mass is 10.2. The molecule has 2 aromatic rings. The zero-order valence-corrected chi connectivity index (χ0v) is 13.4. The molecule has 1 aromatic carbocycles. The number of nitrogens with zero attached hydrogens (tertiary/aromatic N) is 3. The summed E-state index contributed by atoms with van der Waals surface area (Å²) in [4.78, 5) is 4.49. The second-order valence-electron chi connectivity index (χ2n) is 5.06. The Bertz CT molecular complexity index is 805. The number of alkyl halides is 1. The second kappa shape index (κ2) is 6.04. The molecule has 0 fully saturated rings. The summed E-state index contributed by atoms with van der Waals surface area (Å²) in [5, 5.41) is 9.17. The molecule has 1 heterocycles. The Morgan fingerprint density at radius 1 is 1.48 bits per heavy atom. The van der Waals surface area contributed by atoms with E-state index in [1.165, 1.54) is 6.26 Å². The van der Waals surface area contributed by atoms with Crippen molar-refractivity contribution >= 4 is 32.5 Å². The van der Waals surface area contributed by atoms with E-state index in [4.69, 9.17) is 16.9 Å². The smallest absolute Gasteiger partial charge is 0.149 e. The van der Waals surface area contributed by atoms with E-state index < -0.39 is 9.84 Å². The zero-order chi connectivity index (χ0) is 15.6. The summed E-state index contributed by atoms with van der Waals surface area (Å²) < 4.78 is 25.0. The third-order valence-corrected chi connectivity index (χ3v) is 4.49. The molecule has 7 heteroatoms. The molecule has 0 amide bonds. The Morgan fingerprint density at radius 2 is 2.19 bits per heavy atom. The van der Waals surface area contributed by atoms with Crippen LogP contribution in [0.4, 0.5) is 0 Å². The van der Waals surface area contributed by atoms with Gasteiger partial charge in [0, 0.05) is 24.6 Å². The first kappa shape index (κ1) is 15.8. The van der Waals surface area contributed by atoms with Crippen LogP contribution in [-0.2, 0) is 16.3 Å². The lowest BCUT2D eigenvalue weighted by Gasteiger charge is -2.16. The third kappa shape index (κ3) is 3.36. The lowest BCUT2D eigenvalue weighted by molar-refractivity contribution is 0.557. The normalized spacial score (nSPS) is 13.2. The molecule has 2 rings (SSSR count). The van der Waals surface area contributed by atoms with Crippen LogP contribution in [0.2, 0.25) is 0 Å². The summed E-state index contributed by atoms with van der Waals surface area (Å²) in [5.74, 6) is 1.11. The first-order valence-corrected chi connectivity index (χ1v) is 9.10. The number of nitriles is 1. The van der Waals surface area contributed by atoms with E-state index in [0.717, 1.165) is 5.52 Å². The summed E-state index contributed by atoms with van der Waals surface area (Å²) in [6.07, 6.45) is 1.74. The van der Waals surface area contributed by atoms with Gasteiger partial charge in [-0.2, -0.15) is 5.26 Å². The molecule has 0 spiro atoms. The number of halogens is 1. The monoisotopic (exact) mass is 325 g/mol. The van der Waals surface area contributed by atoms with E-state index in [1.54, 1.807) is 12.1 Å². The minimum Gasteiger partial charge on any atom is -0.324 e. The van der Waals surface area contributed by atoms with Crippen molar-refractivity contribution in [1.29, 1.82) is 5.26 Å². The summed E-state index contributed by atoms with van der Waals surface area (Å²) in [5.41, 5.74) is 1.85. The molecule has 1 aromatic heterocycles. The first-order chi connectivity index (χ1) is 9.87. The van der Waals surface area contributed by atoms with Gasteiger partial charge in [-0.3, -0.25) is 0 Å². The minimum absolute atomic E-state index is 0.0184. The summed E-state index contributed by atoms with van der Waals surface area (Å²) in [7, 11) is -3.11. The number of rotatable bonds is 5. The molecule has 0 radical (unpaired) electrons. The number of aryl methyl sites for hydroxylation is 1. The van der Waals surface area contributed by atoms with E-state index in [9.17, 15) is 8.42 Å². The van der Waals surface area contributed by atoms with Gasteiger partial charge < -0.3 is 4.57 Å². The number of fused-ring (bicyclic) bond motifs is 1. The topological polar surface area (TPSA) is 75.8 Å². The van der Waals surface area contributed by atoms with Crippen LogP contribution in [0.5, 0.6) is 0 Å². The van der Waals surface area contributed by atoms with Crippen molar-refractivity contribution in [3.05, 3.63) is 29.6 Å². The highest BCUT2D eigenvalue weighted by atomic mass is 35.5. The maximum Gasteiger partial charge on any atom is 0.149 e. The van der Waals surface area contributed by atoms with E-state index >= 15 is 0 Å². The molecule has 112 valence electrons. The van der Waals surface area contributed by atoms with Crippen LogP contribution in [-0.4, -0.2) is 35.9 Å². The first-order valence-electron chi connectivity index (χ1n) is 6.51. The van der Waals surface area contributed by atoms with Crippen LogP contribution in [0.15, 0.2) is 18.2 Å². The molecule has 0 saturated heterocycles. The van der Waals surface area contributed by atoms with Crippen molar-refractivity contribution in [3.8, 4) is 6.07 Å². The van der Waals surface area contributed by atoms with Gasteiger partial charge in [0.15, 0.2) is 0 Å². The summed E-state index contributed by atoms with van der Waals surface area (Å²) >= 11 is 5.81. The fraction of sp³-hybridized carbons (Fsp3) is 0.429. The SMILES string of the molecule is CC(CS(C)(=O)=O)n1c(CCCl)nc2c(C#N)cccc21. The van der Waals surface area contributed by atoms with Crippen molar-refractivity contribution in [2.45, 2.75) is 19.4 Å². The molecule has 1 unspecified atom stereocenters. The van der Waals surface area contributed by atoms with Crippen molar-refractivity contribution in [2.75, 3.05) is 17.9 Å². The van der Waals surface area contributed by atoms with Gasteiger partial charge in [0.25, 0.3) is 0 Å². The van der Waals surface area contributed by atoms with Crippen molar-refractivity contribution in [1.82, 2.24) is 9.55 Å². The second-order valence-corrected chi connectivity index (χ2v) is 7.63. The van der Waals surface area contributed by atoms with Crippen LogP contribution in [0.1, 0.15) is 24.4 Å². The Balaban J connectivity index is 2.65. The number of imidazole rings is 1. The van der Waals surface area contributed by atoms with E-state index in [1.807, 2.05) is 17.6 Å². The maximum absolute atomic E-state index is 11.6. The Kier molecular flexibility index (Phi) is 4.55. The van der Waals surface area contributed by atoms with Gasteiger partial charge >= 0.3 is 0 Å². The highest BCUT2D eigenvalue weighted by molar-refractivity contribution is 7.90. The van der Waals surface area contributed by atoms with Crippen molar-refractivity contribution in [2.24, 2.45) is 0 Å². The highest BCUT2D eigenvalue weighted by Crippen LogP contribution is 2.25. The van der Waals surface area contributed by atoms with Crippen molar-refractivity contribution in [3.63, 3.8) is 0 Å². The molecule has 0 N–H and O–H groups in total. The lowest BCUT2D eigenvalue weighted by Crippen LogP contribution is -2.18. The molecule has 0 aliphatic rings. The predicted molar refractivity (Wildman–Crippen MR) is 83.3 cm³/mol. The van der Waals surface area contributed by atoms with E-state index in [-0.39, 0.29) is 11.8 Å². The Labute approximate surface area is 129 Å². The Morgan fingerprint density at radius 3 is 2.76 bits per heavy atom. The van der Waals surface area contributed by atoms with Crippen LogP contribution >= 0.6 is 11.6 Å². The fourth-order valence-corrected chi connectivity index (χ4v) is 3.72. The molecule has 1 atom stereocenters. The Hall–Kier alpha value is -1.58. The van der Waals surface area contributed by atoms with Gasteiger partial charge in [-0.1, -0.05) is 6.07 Å². The average Bonchev–Trinajstić information content (AvgIpc) is 2.75. The molecule has 21 heavy (non-hydrogen) atoms. The quantitative estimate of drug-likeness (QED) is 0.790. The molecule has 0 bridgehead atoms. The third-order valence-electron chi connectivity index (χ3n) is 3.22. The fourth-order valence-electron chi connectivity index (χ4n) is 2.52. The number of hydrogen-bond donors (Lipinski definition) is 0. The van der Waals surface area contributed by atoms with E-state index in [2.05, 4.69) is 11.1 Å². The molecular formula is C14H16ClN3O2S. The van der Waals surface area contributed by atoms with Gasteiger partial charge in [0.05, 0.1) is 16.8 Å². The standard InChI is InChI=1S/C14H16ClN3O2S/c1-10(9-21(2,19)20)18-12-5-3-4-11(8-16)14(12)17-13(18)6-7-15/h3-5,10H,6-7,9H2,1-2H3. The predicted octanol–water partition coefficient (Wildman–Crippen LogP) is 2.29. The average molecular weight is 326 g/mol. The number of sulfone groups is 1. The number of para-hydroxylation sites is 1. The summed E-state index contributed by atoms with van der Waals surface area (Å²) in [6, 6.07) is 7.17. The van der Waals surface area contributed by atoms with Gasteiger partial charge in [-0.25, -0.2) is 13.4 Å².